The summed E-state index contributed by atoms with van der Waals surface area (Å²) in [6.45, 7) is 2.21. The maximum absolute atomic E-state index is 12.9. The number of sulfonamides is 1. The summed E-state index contributed by atoms with van der Waals surface area (Å²) in [7, 11) is -3.73. The SMILES string of the molecule is O=c1[nH]c2cc(S(=O)(=O)NCC(c3ccccc3)N3CCCCCC3)ccc2o1. The highest BCUT2D eigenvalue weighted by Crippen LogP contribution is 2.25. The van der Waals surface area contributed by atoms with Gasteiger partial charge in [0.15, 0.2) is 5.58 Å². The zero-order valence-corrected chi connectivity index (χ0v) is 17.0. The average molecular weight is 416 g/mol. The molecule has 1 aliphatic heterocycles. The molecule has 0 spiro atoms. The first-order chi connectivity index (χ1) is 14.0. The van der Waals surface area contributed by atoms with Gasteiger partial charge in [0.25, 0.3) is 0 Å². The first kappa shape index (κ1) is 19.9. The summed E-state index contributed by atoms with van der Waals surface area (Å²) >= 11 is 0. The van der Waals surface area contributed by atoms with Gasteiger partial charge in [0.1, 0.15) is 0 Å². The fraction of sp³-hybridized carbons (Fsp3) is 0.381. The third-order valence-electron chi connectivity index (χ3n) is 5.43. The third-order valence-corrected chi connectivity index (χ3v) is 6.85. The lowest BCUT2D eigenvalue weighted by molar-refractivity contribution is 0.206. The summed E-state index contributed by atoms with van der Waals surface area (Å²) in [5.41, 5.74) is 1.80. The molecule has 0 saturated carbocycles. The molecule has 1 saturated heterocycles. The first-order valence-corrected chi connectivity index (χ1v) is 11.4. The molecule has 0 radical (unpaired) electrons. The second-order valence-electron chi connectivity index (χ2n) is 7.40. The van der Waals surface area contributed by atoms with Crippen molar-refractivity contribution in [2.45, 2.75) is 36.6 Å². The van der Waals surface area contributed by atoms with Gasteiger partial charge in [-0.15, -0.1) is 0 Å². The molecule has 154 valence electrons. The molecule has 29 heavy (non-hydrogen) atoms. The molecule has 7 nitrogen and oxygen atoms in total. The van der Waals surface area contributed by atoms with Gasteiger partial charge in [0, 0.05) is 12.6 Å². The Morgan fingerprint density at radius 2 is 1.76 bits per heavy atom. The molecule has 2 aromatic carbocycles. The highest BCUT2D eigenvalue weighted by molar-refractivity contribution is 7.89. The number of hydrogen-bond donors (Lipinski definition) is 2. The third kappa shape index (κ3) is 4.60. The maximum atomic E-state index is 12.9. The van der Waals surface area contributed by atoms with Crippen molar-refractivity contribution in [3.05, 3.63) is 64.6 Å². The molecule has 0 aliphatic carbocycles. The Morgan fingerprint density at radius 1 is 1.03 bits per heavy atom. The quantitative estimate of drug-likeness (QED) is 0.645. The summed E-state index contributed by atoms with van der Waals surface area (Å²) in [5.74, 6) is -0.604. The van der Waals surface area contributed by atoms with Crippen molar-refractivity contribution >= 4 is 21.1 Å². The van der Waals surface area contributed by atoms with Crippen LogP contribution in [0.5, 0.6) is 0 Å². The summed E-state index contributed by atoms with van der Waals surface area (Å²) in [4.78, 5) is 16.3. The molecule has 1 aromatic heterocycles. The van der Waals surface area contributed by atoms with E-state index in [0.717, 1.165) is 31.5 Å². The highest BCUT2D eigenvalue weighted by Gasteiger charge is 2.24. The van der Waals surface area contributed by atoms with Gasteiger partial charge in [-0.3, -0.25) is 9.88 Å². The molecule has 2 N–H and O–H groups in total. The van der Waals surface area contributed by atoms with E-state index < -0.39 is 15.8 Å². The van der Waals surface area contributed by atoms with Crippen LogP contribution in [0.25, 0.3) is 11.1 Å². The van der Waals surface area contributed by atoms with Crippen molar-refractivity contribution in [1.82, 2.24) is 14.6 Å². The van der Waals surface area contributed by atoms with E-state index >= 15 is 0 Å². The van der Waals surface area contributed by atoms with Crippen LogP contribution in [-0.2, 0) is 10.0 Å². The topological polar surface area (TPSA) is 95.4 Å². The summed E-state index contributed by atoms with van der Waals surface area (Å²) in [5, 5.41) is 0. The van der Waals surface area contributed by atoms with Crippen molar-refractivity contribution in [1.29, 1.82) is 0 Å². The van der Waals surface area contributed by atoms with Gasteiger partial charge >= 0.3 is 5.76 Å². The Morgan fingerprint density at radius 3 is 2.48 bits per heavy atom. The molecule has 1 aliphatic rings. The van der Waals surface area contributed by atoms with Gasteiger partial charge in [-0.05, 0) is 49.7 Å². The largest absolute Gasteiger partial charge is 0.417 e. The van der Waals surface area contributed by atoms with E-state index in [4.69, 9.17) is 4.42 Å². The number of fused-ring (bicyclic) bond motifs is 1. The number of nitrogens with zero attached hydrogens (tertiary/aromatic N) is 1. The number of likely N-dealkylation sites (tertiary alicyclic amines) is 1. The van der Waals surface area contributed by atoms with Crippen LogP contribution in [0, 0.1) is 0 Å². The van der Waals surface area contributed by atoms with Crippen LogP contribution in [-0.4, -0.2) is 37.9 Å². The number of nitrogens with one attached hydrogen (secondary N) is 2. The molecule has 2 heterocycles. The molecule has 4 rings (SSSR count). The van der Waals surface area contributed by atoms with Gasteiger partial charge in [-0.2, -0.15) is 0 Å². The Hall–Kier alpha value is -2.42. The molecule has 8 heteroatoms. The molecule has 3 aromatic rings. The van der Waals surface area contributed by atoms with Crippen LogP contribution in [0.4, 0.5) is 0 Å². The lowest BCUT2D eigenvalue weighted by Crippen LogP contribution is -2.38. The number of oxazole rings is 1. The van der Waals surface area contributed by atoms with E-state index in [2.05, 4.69) is 14.6 Å². The Kier molecular flexibility index (Phi) is 5.84. The van der Waals surface area contributed by atoms with E-state index in [-0.39, 0.29) is 17.5 Å². The van der Waals surface area contributed by atoms with E-state index in [9.17, 15) is 13.2 Å². The summed E-state index contributed by atoms with van der Waals surface area (Å²) < 4.78 is 33.6. The van der Waals surface area contributed by atoms with Crippen molar-refractivity contribution in [2.75, 3.05) is 19.6 Å². The number of H-pyrrole nitrogens is 1. The molecular formula is C21H25N3O4S. The molecule has 0 amide bonds. The van der Waals surface area contributed by atoms with E-state index in [0.29, 0.717) is 11.1 Å². The van der Waals surface area contributed by atoms with Gasteiger partial charge in [-0.25, -0.2) is 17.9 Å². The van der Waals surface area contributed by atoms with Crippen molar-refractivity contribution < 1.29 is 12.8 Å². The van der Waals surface area contributed by atoms with Crippen molar-refractivity contribution in [2.24, 2.45) is 0 Å². The second kappa shape index (κ2) is 8.52. The van der Waals surface area contributed by atoms with Crippen molar-refractivity contribution in [3.63, 3.8) is 0 Å². The smallest absolute Gasteiger partial charge is 0.408 e. The number of aromatic nitrogens is 1. The molecular weight excluding hydrogens is 390 g/mol. The molecule has 1 unspecified atom stereocenters. The molecule has 0 bridgehead atoms. The van der Waals surface area contributed by atoms with Crippen LogP contribution < -0.4 is 10.5 Å². The monoisotopic (exact) mass is 415 g/mol. The minimum Gasteiger partial charge on any atom is -0.408 e. The first-order valence-electron chi connectivity index (χ1n) is 9.94. The highest BCUT2D eigenvalue weighted by atomic mass is 32.2. The minimum atomic E-state index is -3.73. The van der Waals surface area contributed by atoms with Crippen LogP contribution >= 0.6 is 0 Å². The fourth-order valence-electron chi connectivity index (χ4n) is 3.91. The lowest BCUT2D eigenvalue weighted by atomic mass is 10.1. The Bertz CT molecular complexity index is 1110. The predicted octanol–water partition coefficient (Wildman–Crippen LogP) is 3.02. The maximum Gasteiger partial charge on any atom is 0.417 e. The normalized spacial score (nSPS) is 17.2. The second-order valence-corrected chi connectivity index (χ2v) is 9.17. The molecule has 1 fully saturated rings. The van der Waals surface area contributed by atoms with Crippen LogP contribution in [0.15, 0.2) is 62.6 Å². The minimum absolute atomic E-state index is 0.0264. The fourth-order valence-corrected chi connectivity index (χ4v) is 4.97. The Balaban J connectivity index is 1.57. The zero-order valence-electron chi connectivity index (χ0n) is 16.1. The van der Waals surface area contributed by atoms with E-state index in [1.54, 1.807) is 0 Å². The van der Waals surface area contributed by atoms with Crippen LogP contribution in [0.2, 0.25) is 0 Å². The molecule has 1 atom stereocenters. The number of aromatic amines is 1. The van der Waals surface area contributed by atoms with Gasteiger partial charge in [-0.1, -0.05) is 43.2 Å². The number of hydrogen-bond acceptors (Lipinski definition) is 5. The van der Waals surface area contributed by atoms with Gasteiger partial charge < -0.3 is 4.42 Å². The predicted molar refractivity (Wildman–Crippen MR) is 111 cm³/mol. The van der Waals surface area contributed by atoms with E-state index in [1.807, 2.05) is 30.3 Å². The zero-order chi connectivity index (χ0) is 20.3. The number of benzene rings is 2. The van der Waals surface area contributed by atoms with E-state index in [1.165, 1.54) is 31.0 Å². The van der Waals surface area contributed by atoms with Crippen LogP contribution in [0.1, 0.15) is 37.3 Å². The van der Waals surface area contributed by atoms with Crippen LogP contribution in [0.3, 0.4) is 0 Å². The Labute approximate surface area is 169 Å². The summed E-state index contributed by atoms with van der Waals surface area (Å²) in [6.07, 6.45) is 4.68. The van der Waals surface area contributed by atoms with Crippen molar-refractivity contribution in [3.8, 4) is 0 Å². The standard InChI is InChI=1S/C21H25N3O4S/c25-21-23-18-14-17(10-11-20(18)28-21)29(26,27)22-15-19(16-8-4-3-5-9-16)24-12-6-1-2-7-13-24/h3-5,8-11,14,19,22H,1-2,6-7,12-13,15H2,(H,23,25). The lowest BCUT2D eigenvalue weighted by Gasteiger charge is -2.31. The van der Waals surface area contributed by atoms with Gasteiger partial charge in [0.2, 0.25) is 10.0 Å². The number of rotatable bonds is 6. The van der Waals surface area contributed by atoms with Gasteiger partial charge in [0.05, 0.1) is 10.4 Å². The average Bonchev–Trinajstić information content (AvgIpc) is 2.90. The summed E-state index contributed by atoms with van der Waals surface area (Å²) in [6, 6.07) is 14.4.